The summed E-state index contributed by atoms with van der Waals surface area (Å²) < 4.78 is 51.4. The van der Waals surface area contributed by atoms with Crippen molar-refractivity contribution in [2.24, 2.45) is 0 Å². The predicted octanol–water partition coefficient (Wildman–Crippen LogP) is 4.10. The van der Waals surface area contributed by atoms with Crippen molar-refractivity contribution in [3.8, 4) is 0 Å². The molecule has 16 heteroatoms. The van der Waals surface area contributed by atoms with Crippen molar-refractivity contribution in [1.82, 2.24) is 19.5 Å². The van der Waals surface area contributed by atoms with Gasteiger partial charge in [0, 0.05) is 0 Å². The summed E-state index contributed by atoms with van der Waals surface area (Å²) >= 11 is 0. The summed E-state index contributed by atoms with van der Waals surface area (Å²) in [6.45, 7) is 0.581. The van der Waals surface area contributed by atoms with Gasteiger partial charge in [0.25, 0.3) is 0 Å². The number of hydrogen-bond donors (Lipinski definition) is 1. The summed E-state index contributed by atoms with van der Waals surface area (Å²) in [4.78, 5) is 36.1. The first-order valence-electron chi connectivity index (χ1n) is 12.9. The quantitative estimate of drug-likeness (QED) is 0.206. The Labute approximate surface area is 225 Å². The van der Waals surface area contributed by atoms with Crippen molar-refractivity contribution in [1.29, 1.82) is 0 Å². The zero-order valence-corrected chi connectivity index (χ0v) is 22.7. The summed E-state index contributed by atoms with van der Waals surface area (Å²) in [5.74, 6) is 0.247. The average molecular weight is 572 g/mol. The second-order valence-electron chi connectivity index (χ2n) is 9.38. The molecule has 0 saturated heterocycles. The second kappa shape index (κ2) is 13.9. The molecule has 15 nitrogen and oxygen atoms in total. The van der Waals surface area contributed by atoms with Crippen LogP contribution < -0.4 is 5.73 Å². The fourth-order valence-electron chi connectivity index (χ4n) is 4.35. The number of anilines is 1. The van der Waals surface area contributed by atoms with E-state index in [1.54, 1.807) is 11.5 Å². The van der Waals surface area contributed by atoms with E-state index in [4.69, 9.17) is 38.5 Å². The van der Waals surface area contributed by atoms with E-state index in [1.165, 1.54) is 12.7 Å². The van der Waals surface area contributed by atoms with Crippen LogP contribution in [0.15, 0.2) is 12.7 Å². The lowest BCUT2D eigenvalue weighted by atomic mass is 10.3. The van der Waals surface area contributed by atoms with Crippen LogP contribution in [0.1, 0.15) is 58.3 Å². The number of hydrogen-bond acceptors (Lipinski definition) is 14. The van der Waals surface area contributed by atoms with Crippen LogP contribution >= 0.6 is 7.60 Å². The Hall–Kier alpha value is -3.00. The standard InChI is InChI=1S/C23H34N5O10P/c1-16(10-28-12-27-19-20(24)25-11-26-21(19)28)34-15-39(31,35-13-32-22(29)37-17-6-2-3-7-17)36-14-33-23(30)38-18-8-4-5-9-18/h11-12,16-18H,2-10,13-15H2,1H3,(H2,24,25,26)/t16-/m1/s1. The van der Waals surface area contributed by atoms with Crippen LogP contribution in [0.4, 0.5) is 15.4 Å². The SMILES string of the molecule is C[C@H](Cn1cnc2c(N)ncnc21)OCP(=O)(OCOC(=O)OC1CCCC1)OCOC(=O)OC1CCCC1. The summed E-state index contributed by atoms with van der Waals surface area (Å²) in [5, 5.41) is 0. The molecule has 1 atom stereocenters. The number of imidazole rings is 1. The number of rotatable bonds is 13. The van der Waals surface area contributed by atoms with Crippen molar-refractivity contribution in [2.45, 2.75) is 83.1 Å². The number of nitrogens with zero attached hydrogens (tertiary/aromatic N) is 4. The van der Waals surface area contributed by atoms with Gasteiger partial charge >= 0.3 is 19.9 Å². The molecule has 0 spiro atoms. The lowest BCUT2D eigenvalue weighted by Gasteiger charge is -2.21. The van der Waals surface area contributed by atoms with E-state index in [2.05, 4.69) is 15.0 Å². The van der Waals surface area contributed by atoms with E-state index in [9.17, 15) is 14.2 Å². The fraction of sp³-hybridized carbons (Fsp3) is 0.696. The predicted molar refractivity (Wildman–Crippen MR) is 134 cm³/mol. The number of carbonyl (C=O) groups excluding carboxylic acids is 2. The zero-order chi connectivity index (χ0) is 27.7. The molecule has 0 amide bonds. The van der Waals surface area contributed by atoms with Gasteiger partial charge in [-0.05, 0) is 58.3 Å². The van der Waals surface area contributed by atoms with Crippen molar-refractivity contribution in [2.75, 3.05) is 25.7 Å². The fourth-order valence-corrected chi connectivity index (χ4v) is 5.44. The van der Waals surface area contributed by atoms with Crippen LogP contribution in [0, 0.1) is 0 Å². The number of fused-ring (bicyclic) bond motifs is 1. The molecule has 2 saturated carbocycles. The molecule has 2 N–H and O–H groups in total. The van der Waals surface area contributed by atoms with Crippen LogP contribution in [0.2, 0.25) is 0 Å². The Morgan fingerprint density at radius 2 is 1.54 bits per heavy atom. The van der Waals surface area contributed by atoms with Crippen LogP contribution in [-0.4, -0.2) is 70.1 Å². The van der Waals surface area contributed by atoms with Crippen LogP contribution in [0.25, 0.3) is 11.2 Å². The van der Waals surface area contributed by atoms with Crippen LogP contribution in [0.5, 0.6) is 0 Å². The highest BCUT2D eigenvalue weighted by Crippen LogP contribution is 2.48. The number of nitrogen functional groups attached to an aromatic ring is 1. The van der Waals surface area contributed by atoms with Crippen LogP contribution in [-0.2, 0) is 43.8 Å². The molecule has 39 heavy (non-hydrogen) atoms. The van der Waals surface area contributed by atoms with Gasteiger partial charge in [0.1, 0.15) is 30.4 Å². The summed E-state index contributed by atoms with van der Waals surface area (Å²) in [5.41, 5.74) is 6.79. The number of ether oxygens (including phenoxy) is 5. The third-order valence-electron chi connectivity index (χ3n) is 6.38. The van der Waals surface area contributed by atoms with Gasteiger partial charge in [-0.25, -0.2) is 24.5 Å². The Morgan fingerprint density at radius 1 is 0.974 bits per heavy atom. The van der Waals surface area contributed by atoms with Gasteiger partial charge in [0.2, 0.25) is 13.6 Å². The highest BCUT2D eigenvalue weighted by atomic mass is 31.2. The minimum Gasteiger partial charge on any atom is -0.431 e. The highest BCUT2D eigenvalue weighted by molar-refractivity contribution is 7.53. The summed E-state index contributed by atoms with van der Waals surface area (Å²) in [7, 11) is -4.06. The largest absolute Gasteiger partial charge is 0.510 e. The van der Waals surface area contributed by atoms with Crippen molar-refractivity contribution < 1.29 is 46.9 Å². The average Bonchev–Trinajstić information content (AvgIpc) is 3.67. The first kappa shape index (κ1) is 29.0. The van der Waals surface area contributed by atoms with Gasteiger partial charge < -0.3 is 34.0 Å². The Morgan fingerprint density at radius 3 is 2.10 bits per heavy atom. The molecule has 216 valence electrons. The number of nitrogens with two attached hydrogens (primary N) is 1. The molecular weight excluding hydrogens is 537 g/mol. The minimum absolute atomic E-state index is 0.205. The molecule has 0 aromatic carbocycles. The monoisotopic (exact) mass is 571 g/mol. The molecule has 2 aromatic rings. The molecule has 0 aliphatic heterocycles. The maximum atomic E-state index is 13.3. The molecule has 0 bridgehead atoms. The molecule has 0 radical (unpaired) electrons. The third kappa shape index (κ3) is 8.75. The summed E-state index contributed by atoms with van der Waals surface area (Å²) in [6, 6.07) is 0. The van der Waals surface area contributed by atoms with Crippen molar-refractivity contribution in [3.63, 3.8) is 0 Å². The normalized spacial score (nSPS) is 17.4. The van der Waals surface area contributed by atoms with Gasteiger partial charge in [-0.1, -0.05) is 0 Å². The number of aromatic nitrogens is 4. The minimum atomic E-state index is -4.06. The van der Waals surface area contributed by atoms with E-state index in [1.807, 2.05) is 0 Å². The van der Waals surface area contributed by atoms with Gasteiger partial charge in [-0.15, -0.1) is 0 Å². The lowest BCUT2D eigenvalue weighted by molar-refractivity contribution is -0.0404. The Balaban J connectivity index is 1.28. The van der Waals surface area contributed by atoms with E-state index < -0.39 is 45.9 Å². The van der Waals surface area contributed by atoms with Crippen LogP contribution in [0.3, 0.4) is 0 Å². The lowest BCUT2D eigenvalue weighted by Crippen LogP contribution is -2.21. The zero-order valence-electron chi connectivity index (χ0n) is 21.8. The molecule has 2 aliphatic carbocycles. The van der Waals surface area contributed by atoms with Gasteiger partial charge in [-0.2, -0.15) is 0 Å². The summed E-state index contributed by atoms with van der Waals surface area (Å²) in [6.07, 6.45) is 6.51. The molecule has 0 unspecified atom stereocenters. The van der Waals surface area contributed by atoms with Gasteiger partial charge in [0.05, 0.1) is 19.0 Å². The van der Waals surface area contributed by atoms with E-state index in [-0.39, 0.29) is 24.6 Å². The first-order valence-corrected chi connectivity index (χ1v) is 14.6. The third-order valence-corrected chi connectivity index (χ3v) is 7.85. The maximum absolute atomic E-state index is 13.3. The van der Waals surface area contributed by atoms with Gasteiger partial charge in [-0.3, -0.25) is 13.6 Å². The Bertz CT molecular complexity index is 1110. The van der Waals surface area contributed by atoms with E-state index in [0.717, 1.165) is 51.4 Å². The maximum Gasteiger partial charge on any atom is 0.510 e. The molecule has 4 rings (SSSR count). The topological polar surface area (TPSA) is 185 Å². The smallest absolute Gasteiger partial charge is 0.431 e. The van der Waals surface area contributed by atoms with Crippen molar-refractivity contribution >= 4 is 36.9 Å². The molecule has 2 aromatic heterocycles. The molecular formula is C23H34N5O10P. The van der Waals surface area contributed by atoms with E-state index in [0.29, 0.717) is 11.2 Å². The van der Waals surface area contributed by atoms with Gasteiger partial charge in [0.15, 0.2) is 11.5 Å². The molecule has 2 fully saturated rings. The second-order valence-corrected chi connectivity index (χ2v) is 11.4. The molecule has 2 aliphatic rings. The number of carbonyl (C=O) groups is 2. The molecule has 2 heterocycles. The first-order chi connectivity index (χ1) is 18.8. The Kier molecular flexibility index (Phi) is 10.3. The van der Waals surface area contributed by atoms with E-state index >= 15 is 0 Å². The highest BCUT2D eigenvalue weighted by Gasteiger charge is 2.30. The van der Waals surface area contributed by atoms with Crippen molar-refractivity contribution in [3.05, 3.63) is 12.7 Å².